The van der Waals surface area contributed by atoms with Crippen LogP contribution in [0.25, 0.3) is 0 Å². The van der Waals surface area contributed by atoms with Crippen molar-refractivity contribution in [1.82, 2.24) is 10.2 Å². The van der Waals surface area contributed by atoms with Crippen molar-refractivity contribution in [3.8, 4) is 0 Å². The summed E-state index contributed by atoms with van der Waals surface area (Å²) in [6.07, 6.45) is 3.20. The van der Waals surface area contributed by atoms with E-state index in [4.69, 9.17) is 4.74 Å². The van der Waals surface area contributed by atoms with Crippen LogP contribution >= 0.6 is 0 Å². The minimum Gasteiger partial charge on any atom is -0.387 e. The second kappa shape index (κ2) is 4.78. The lowest BCUT2D eigenvalue weighted by molar-refractivity contribution is -0.0203. The topological polar surface area (TPSA) is 44.7 Å². The highest BCUT2D eigenvalue weighted by molar-refractivity contribution is 4.91. The number of hydrogen-bond acceptors (Lipinski definition) is 4. The lowest BCUT2D eigenvalue weighted by Gasteiger charge is -2.35. The number of aliphatic hydroxyl groups is 1. The smallest absolute Gasteiger partial charge is 0.0909 e. The summed E-state index contributed by atoms with van der Waals surface area (Å²) in [5.41, 5.74) is -0.522. The number of β-amino-alcohol motifs (C(OH)–C–C–N with tert-alkyl or cyclic N) is 1. The van der Waals surface area contributed by atoms with E-state index in [1.54, 1.807) is 0 Å². The van der Waals surface area contributed by atoms with Crippen molar-refractivity contribution < 1.29 is 9.84 Å². The largest absolute Gasteiger partial charge is 0.387 e. The van der Waals surface area contributed by atoms with Crippen LogP contribution in [0.4, 0.5) is 0 Å². The van der Waals surface area contributed by atoms with Crippen molar-refractivity contribution in [3.63, 3.8) is 0 Å². The molecule has 0 radical (unpaired) electrons. The fraction of sp³-hybridized carbons (Fsp3) is 1.00. The molecule has 4 nitrogen and oxygen atoms in total. The van der Waals surface area contributed by atoms with Crippen LogP contribution in [0.2, 0.25) is 0 Å². The Hall–Kier alpha value is -0.160. The normalized spacial score (nSPS) is 37.4. The summed E-state index contributed by atoms with van der Waals surface area (Å²) in [7, 11) is 2.09. The minimum absolute atomic E-state index is 0.489. The molecule has 2 atom stereocenters. The van der Waals surface area contributed by atoms with Gasteiger partial charge in [0, 0.05) is 25.7 Å². The predicted molar refractivity (Wildman–Crippen MR) is 58.9 cm³/mol. The zero-order chi connectivity index (χ0) is 10.7. The van der Waals surface area contributed by atoms with Crippen molar-refractivity contribution in [2.45, 2.75) is 30.9 Å². The van der Waals surface area contributed by atoms with Gasteiger partial charge in [-0.15, -0.1) is 0 Å². The van der Waals surface area contributed by atoms with Crippen molar-refractivity contribution in [2.75, 3.05) is 39.9 Å². The Kier molecular flexibility index (Phi) is 3.61. The molecule has 88 valence electrons. The van der Waals surface area contributed by atoms with Crippen LogP contribution in [0.5, 0.6) is 0 Å². The van der Waals surface area contributed by atoms with Gasteiger partial charge in [0.15, 0.2) is 0 Å². The number of ether oxygens (including phenoxy) is 1. The molecule has 0 aromatic carbocycles. The van der Waals surface area contributed by atoms with Crippen molar-refractivity contribution in [2.24, 2.45) is 0 Å². The van der Waals surface area contributed by atoms with E-state index in [9.17, 15) is 5.11 Å². The lowest BCUT2D eigenvalue weighted by atomic mass is 10.0. The molecule has 2 N–H and O–H groups in total. The summed E-state index contributed by atoms with van der Waals surface area (Å²) in [5, 5.41) is 13.5. The molecule has 2 rings (SSSR count). The summed E-state index contributed by atoms with van der Waals surface area (Å²) in [4.78, 5) is 2.26. The first-order chi connectivity index (χ1) is 7.20. The lowest BCUT2D eigenvalue weighted by Crippen LogP contribution is -2.49. The maximum absolute atomic E-state index is 10.2. The minimum atomic E-state index is -0.522. The Bertz CT molecular complexity index is 199. The average molecular weight is 214 g/mol. The number of nitrogens with one attached hydrogen (secondary N) is 1. The maximum atomic E-state index is 10.2. The number of rotatable bonds is 3. The summed E-state index contributed by atoms with van der Waals surface area (Å²) in [6, 6.07) is 0.489. The van der Waals surface area contributed by atoms with Crippen molar-refractivity contribution in [1.29, 1.82) is 0 Å². The Morgan fingerprint density at radius 1 is 1.60 bits per heavy atom. The quantitative estimate of drug-likeness (QED) is 0.684. The van der Waals surface area contributed by atoms with Gasteiger partial charge in [-0.1, -0.05) is 0 Å². The van der Waals surface area contributed by atoms with E-state index in [1.165, 1.54) is 6.42 Å². The Balaban J connectivity index is 1.82. The van der Waals surface area contributed by atoms with Gasteiger partial charge in [-0.2, -0.15) is 0 Å². The first-order valence-corrected chi connectivity index (χ1v) is 5.91. The Labute approximate surface area is 91.6 Å². The van der Waals surface area contributed by atoms with Gasteiger partial charge in [0.05, 0.1) is 12.2 Å². The van der Waals surface area contributed by atoms with Gasteiger partial charge >= 0.3 is 0 Å². The molecule has 0 bridgehead atoms. The van der Waals surface area contributed by atoms with E-state index in [0.717, 1.165) is 45.7 Å². The molecule has 0 spiro atoms. The molecule has 2 heterocycles. The zero-order valence-corrected chi connectivity index (χ0v) is 9.54. The van der Waals surface area contributed by atoms with Crippen LogP contribution in [-0.4, -0.2) is 61.5 Å². The van der Waals surface area contributed by atoms with E-state index < -0.39 is 5.60 Å². The van der Waals surface area contributed by atoms with Gasteiger partial charge in [0.2, 0.25) is 0 Å². The highest BCUT2D eigenvalue weighted by atomic mass is 16.5. The molecule has 2 unspecified atom stereocenters. The predicted octanol–water partition coefficient (Wildman–Crippen LogP) is -0.178. The second-order valence-corrected chi connectivity index (χ2v) is 4.94. The number of likely N-dealkylation sites (N-methyl/N-ethyl adjacent to an activating group) is 1. The first kappa shape index (κ1) is 11.3. The molecule has 0 amide bonds. The molecule has 0 saturated carbocycles. The summed E-state index contributed by atoms with van der Waals surface area (Å²) in [5.74, 6) is 0. The Morgan fingerprint density at radius 2 is 2.47 bits per heavy atom. The van der Waals surface area contributed by atoms with E-state index in [1.807, 2.05) is 0 Å². The van der Waals surface area contributed by atoms with E-state index in [-0.39, 0.29) is 0 Å². The highest BCUT2D eigenvalue weighted by Gasteiger charge is 2.34. The van der Waals surface area contributed by atoms with E-state index in [2.05, 4.69) is 17.3 Å². The van der Waals surface area contributed by atoms with Gasteiger partial charge in [-0.05, 0) is 32.9 Å². The second-order valence-electron chi connectivity index (χ2n) is 4.94. The highest BCUT2D eigenvalue weighted by Crippen LogP contribution is 2.19. The standard InChI is InChI=1S/C11H22N2O2/c1-13(10-3-2-6-15-7-10)9-11(14)4-5-12-8-11/h10,12,14H,2-9H2,1H3. The van der Waals surface area contributed by atoms with Crippen LogP contribution in [0.15, 0.2) is 0 Å². The molecule has 0 aromatic rings. The molecule has 2 aliphatic rings. The fourth-order valence-electron chi connectivity index (χ4n) is 2.53. The van der Waals surface area contributed by atoms with E-state index >= 15 is 0 Å². The monoisotopic (exact) mass is 214 g/mol. The average Bonchev–Trinajstić information content (AvgIpc) is 2.66. The van der Waals surface area contributed by atoms with Crippen LogP contribution in [-0.2, 0) is 4.74 Å². The molecule has 2 aliphatic heterocycles. The molecular weight excluding hydrogens is 192 g/mol. The third-order valence-electron chi connectivity index (χ3n) is 3.52. The molecule has 0 aliphatic carbocycles. The van der Waals surface area contributed by atoms with E-state index in [0.29, 0.717) is 6.04 Å². The molecule has 2 fully saturated rings. The van der Waals surface area contributed by atoms with Crippen molar-refractivity contribution >= 4 is 0 Å². The molecule has 2 saturated heterocycles. The third kappa shape index (κ3) is 2.91. The van der Waals surface area contributed by atoms with Gasteiger partial charge in [0.25, 0.3) is 0 Å². The summed E-state index contributed by atoms with van der Waals surface area (Å²) in [6.45, 7) is 4.14. The third-order valence-corrected chi connectivity index (χ3v) is 3.52. The molecule has 15 heavy (non-hydrogen) atoms. The summed E-state index contributed by atoms with van der Waals surface area (Å²) < 4.78 is 5.46. The van der Waals surface area contributed by atoms with Gasteiger partial charge in [-0.3, -0.25) is 4.90 Å². The van der Waals surface area contributed by atoms with Gasteiger partial charge in [-0.25, -0.2) is 0 Å². The molecule has 0 aromatic heterocycles. The van der Waals surface area contributed by atoms with Crippen molar-refractivity contribution in [3.05, 3.63) is 0 Å². The number of hydrogen-bond donors (Lipinski definition) is 2. The number of nitrogens with zero attached hydrogens (tertiary/aromatic N) is 1. The fourth-order valence-corrected chi connectivity index (χ4v) is 2.53. The SMILES string of the molecule is CN(CC1(O)CCNC1)C1CCCOC1. The van der Waals surface area contributed by atoms with Crippen LogP contribution < -0.4 is 5.32 Å². The maximum Gasteiger partial charge on any atom is 0.0909 e. The Morgan fingerprint density at radius 3 is 3.07 bits per heavy atom. The molecule has 4 heteroatoms. The van der Waals surface area contributed by atoms with Crippen LogP contribution in [0.1, 0.15) is 19.3 Å². The summed E-state index contributed by atoms with van der Waals surface area (Å²) >= 11 is 0. The van der Waals surface area contributed by atoms with Gasteiger partial charge in [0.1, 0.15) is 0 Å². The van der Waals surface area contributed by atoms with Crippen LogP contribution in [0.3, 0.4) is 0 Å². The zero-order valence-electron chi connectivity index (χ0n) is 9.54. The van der Waals surface area contributed by atoms with Crippen LogP contribution in [0, 0.1) is 0 Å². The van der Waals surface area contributed by atoms with Gasteiger partial charge < -0.3 is 15.2 Å². The first-order valence-electron chi connectivity index (χ1n) is 5.91. The molecular formula is C11H22N2O2.